The third kappa shape index (κ3) is 3.12. The summed E-state index contributed by atoms with van der Waals surface area (Å²) in [6, 6.07) is 5.77. The number of anilines is 2. The van der Waals surface area contributed by atoms with Crippen molar-refractivity contribution in [3.05, 3.63) is 35.6 Å². The lowest BCUT2D eigenvalue weighted by atomic mass is 10.1. The minimum atomic E-state index is -0.429. The highest BCUT2D eigenvalue weighted by Gasteiger charge is 2.14. The van der Waals surface area contributed by atoms with Gasteiger partial charge in [0, 0.05) is 22.6 Å². The lowest BCUT2D eigenvalue weighted by molar-refractivity contribution is 0.585. The van der Waals surface area contributed by atoms with Gasteiger partial charge in [0.05, 0.1) is 0 Å². The molecule has 19 heavy (non-hydrogen) atoms. The molecule has 0 saturated heterocycles. The van der Waals surface area contributed by atoms with Gasteiger partial charge in [-0.2, -0.15) is 0 Å². The lowest BCUT2D eigenvalue weighted by Crippen LogP contribution is -2.09. The highest BCUT2D eigenvalue weighted by Crippen LogP contribution is 2.32. The van der Waals surface area contributed by atoms with Crippen molar-refractivity contribution in [3.63, 3.8) is 0 Å². The van der Waals surface area contributed by atoms with Crippen LogP contribution >= 0.6 is 11.8 Å². The van der Waals surface area contributed by atoms with Crippen LogP contribution in [-0.4, -0.2) is 9.97 Å². The maximum absolute atomic E-state index is 13.8. The van der Waals surface area contributed by atoms with E-state index in [1.807, 2.05) is 0 Å². The standard InChI is InChI=1S/C12H14FN5S/c1-6(14)11-7(13)3-2-4-8(11)19-12-17-9(15)5-10(16)18-12/h2-6H,14H2,1H3,(H4,15,16,17,18). The number of aromatic nitrogens is 2. The molecule has 0 aliphatic heterocycles. The summed E-state index contributed by atoms with van der Waals surface area (Å²) >= 11 is 1.18. The predicted molar refractivity (Wildman–Crippen MR) is 74.0 cm³/mol. The van der Waals surface area contributed by atoms with Crippen LogP contribution in [0.1, 0.15) is 18.5 Å². The normalized spacial score (nSPS) is 12.4. The number of nitrogens with zero attached hydrogens (tertiary/aromatic N) is 2. The summed E-state index contributed by atoms with van der Waals surface area (Å²) in [5, 5.41) is 0.366. The first-order valence-electron chi connectivity index (χ1n) is 5.59. The summed E-state index contributed by atoms with van der Waals surface area (Å²) in [6.07, 6.45) is 0. The van der Waals surface area contributed by atoms with E-state index in [4.69, 9.17) is 17.2 Å². The van der Waals surface area contributed by atoms with E-state index in [0.717, 1.165) is 0 Å². The summed E-state index contributed by atoms with van der Waals surface area (Å²) in [5.74, 6) is 0.194. The largest absolute Gasteiger partial charge is 0.383 e. The topological polar surface area (TPSA) is 104 Å². The average molecular weight is 279 g/mol. The maximum Gasteiger partial charge on any atom is 0.196 e. The first kappa shape index (κ1) is 13.6. The van der Waals surface area contributed by atoms with E-state index in [1.165, 1.54) is 23.9 Å². The monoisotopic (exact) mass is 279 g/mol. The second-order valence-electron chi connectivity index (χ2n) is 4.04. The fraction of sp³-hybridized carbons (Fsp3) is 0.167. The molecule has 2 aromatic rings. The molecular formula is C12H14FN5S. The smallest absolute Gasteiger partial charge is 0.196 e. The van der Waals surface area contributed by atoms with Crippen LogP contribution in [0, 0.1) is 5.82 Å². The van der Waals surface area contributed by atoms with Crippen LogP contribution < -0.4 is 17.2 Å². The van der Waals surface area contributed by atoms with Crippen molar-refractivity contribution in [1.29, 1.82) is 0 Å². The second kappa shape index (κ2) is 5.41. The summed E-state index contributed by atoms with van der Waals surface area (Å²) in [6.45, 7) is 1.72. The molecule has 0 aliphatic rings. The minimum Gasteiger partial charge on any atom is -0.383 e. The van der Waals surface area contributed by atoms with Gasteiger partial charge in [-0.3, -0.25) is 0 Å². The Bertz CT molecular complexity index is 582. The van der Waals surface area contributed by atoms with Crippen molar-refractivity contribution in [2.45, 2.75) is 23.0 Å². The summed E-state index contributed by atoms with van der Waals surface area (Å²) in [4.78, 5) is 8.74. The molecule has 1 aromatic heterocycles. The van der Waals surface area contributed by atoms with E-state index >= 15 is 0 Å². The third-order valence-corrected chi connectivity index (χ3v) is 3.36. The molecule has 1 atom stereocenters. The number of hydrogen-bond donors (Lipinski definition) is 3. The highest BCUT2D eigenvalue weighted by atomic mass is 32.2. The molecule has 5 nitrogen and oxygen atoms in total. The van der Waals surface area contributed by atoms with Gasteiger partial charge in [-0.25, -0.2) is 14.4 Å². The molecule has 1 aromatic carbocycles. The molecule has 0 aliphatic carbocycles. The first-order chi connectivity index (χ1) is 8.97. The maximum atomic E-state index is 13.8. The summed E-state index contributed by atoms with van der Waals surface area (Å²) < 4.78 is 13.8. The molecule has 2 rings (SSSR count). The van der Waals surface area contributed by atoms with Gasteiger partial charge in [-0.05, 0) is 30.8 Å². The Hall–Kier alpha value is -1.86. The molecule has 0 radical (unpaired) electrons. The van der Waals surface area contributed by atoms with Gasteiger partial charge in [-0.15, -0.1) is 0 Å². The summed E-state index contributed by atoms with van der Waals surface area (Å²) in [7, 11) is 0. The van der Waals surface area contributed by atoms with Crippen LogP contribution in [0.5, 0.6) is 0 Å². The zero-order chi connectivity index (χ0) is 14.0. The molecule has 100 valence electrons. The number of nitrogens with two attached hydrogens (primary N) is 3. The van der Waals surface area contributed by atoms with Crippen LogP contribution in [0.3, 0.4) is 0 Å². The number of nitrogen functional groups attached to an aromatic ring is 2. The average Bonchev–Trinajstić information content (AvgIpc) is 2.26. The first-order valence-corrected chi connectivity index (χ1v) is 6.41. The molecular weight excluding hydrogens is 265 g/mol. The quantitative estimate of drug-likeness (QED) is 0.742. The fourth-order valence-corrected chi connectivity index (χ4v) is 2.69. The van der Waals surface area contributed by atoms with Crippen LogP contribution in [0.25, 0.3) is 0 Å². The molecule has 1 heterocycles. The zero-order valence-electron chi connectivity index (χ0n) is 10.3. The van der Waals surface area contributed by atoms with E-state index in [1.54, 1.807) is 19.1 Å². The Kier molecular flexibility index (Phi) is 3.87. The predicted octanol–water partition coefficient (Wildman–Crippen LogP) is 1.95. The van der Waals surface area contributed by atoms with E-state index in [-0.39, 0.29) is 17.5 Å². The fourth-order valence-electron chi connectivity index (χ4n) is 1.65. The van der Waals surface area contributed by atoms with Crippen molar-refractivity contribution in [1.82, 2.24) is 9.97 Å². The van der Waals surface area contributed by atoms with Crippen molar-refractivity contribution in [2.75, 3.05) is 11.5 Å². The van der Waals surface area contributed by atoms with Gasteiger partial charge in [-0.1, -0.05) is 6.07 Å². The Balaban J connectivity index is 2.40. The number of hydrogen-bond acceptors (Lipinski definition) is 6. The van der Waals surface area contributed by atoms with E-state index in [9.17, 15) is 4.39 Å². The third-order valence-electron chi connectivity index (χ3n) is 2.41. The Morgan fingerprint density at radius 2 is 1.84 bits per heavy atom. The van der Waals surface area contributed by atoms with Crippen molar-refractivity contribution in [3.8, 4) is 0 Å². The molecule has 6 N–H and O–H groups in total. The Morgan fingerprint density at radius 3 is 2.42 bits per heavy atom. The molecule has 0 spiro atoms. The molecule has 0 bridgehead atoms. The van der Waals surface area contributed by atoms with Crippen LogP contribution in [0.4, 0.5) is 16.0 Å². The van der Waals surface area contributed by atoms with Gasteiger partial charge < -0.3 is 17.2 Å². The molecule has 1 unspecified atom stereocenters. The minimum absolute atomic E-state index is 0.272. The van der Waals surface area contributed by atoms with Crippen LogP contribution in [0.15, 0.2) is 34.3 Å². The second-order valence-corrected chi connectivity index (χ2v) is 5.05. The van der Waals surface area contributed by atoms with Gasteiger partial charge in [0.25, 0.3) is 0 Å². The van der Waals surface area contributed by atoms with Gasteiger partial charge in [0.2, 0.25) is 0 Å². The Morgan fingerprint density at radius 1 is 1.21 bits per heavy atom. The van der Waals surface area contributed by atoms with E-state index < -0.39 is 6.04 Å². The number of rotatable bonds is 3. The number of benzene rings is 1. The SMILES string of the molecule is CC(N)c1c(F)cccc1Sc1nc(N)cc(N)n1. The van der Waals surface area contributed by atoms with Gasteiger partial charge >= 0.3 is 0 Å². The number of halogens is 1. The van der Waals surface area contributed by atoms with E-state index in [0.29, 0.717) is 15.6 Å². The summed E-state index contributed by atoms with van der Waals surface area (Å²) in [5.41, 5.74) is 17.4. The van der Waals surface area contributed by atoms with Crippen LogP contribution in [-0.2, 0) is 0 Å². The van der Waals surface area contributed by atoms with Crippen LogP contribution in [0.2, 0.25) is 0 Å². The van der Waals surface area contributed by atoms with Gasteiger partial charge in [0.15, 0.2) is 5.16 Å². The van der Waals surface area contributed by atoms with Crippen molar-refractivity contribution >= 4 is 23.4 Å². The van der Waals surface area contributed by atoms with Gasteiger partial charge in [0.1, 0.15) is 17.5 Å². The zero-order valence-corrected chi connectivity index (χ0v) is 11.1. The van der Waals surface area contributed by atoms with Crippen molar-refractivity contribution < 1.29 is 4.39 Å². The molecule has 0 saturated carbocycles. The lowest BCUT2D eigenvalue weighted by Gasteiger charge is -2.12. The molecule has 0 amide bonds. The Labute approximate surface area is 114 Å². The molecule has 0 fully saturated rings. The van der Waals surface area contributed by atoms with Crippen molar-refractivity contribution in [2.24, 2.45) is 5.73 Å². The molecule has 7 heteroatoms. The highest BCUT2D eigenvalue weighted by molar-refractivity contribution is 7.99. The van der Waals surface area contributed by atoms with E-state index in [2.05, 4.69) is 9.97 Å².